The molecule has 0 spiro atoms. The maximum absolute atomic E-state index is 12.5. The summed E-state index contributed by atoms with van der Waals surface area (Å²) >= 11 is 0. The SMILES string of the molecule is CCCC(C)(NC(=O)CCC(CC)NC(=O)OCC1c2ccccc2-c2ccccc21)C(=O)O. The van der Waals surface area contributed by atoms with Gasteiger partial charge in [0.05, 0.1) is 0 Å². The monoisotopic (exact) mass is 466 g/mol. The van der Waals surface area contributed by atoms with Crippen molar-refractivity contribution in [3.05, 3.63) is 59.7 Å². The molecule has 1 aliphatic carbocycles. The number of carboxylic acid groups (broad SMARTS) is 1. The maximum Gasteiger partial charge on any atom is 0.407 e. The zero-order chi connectivity index (χ0) is 24.7. The molecule has 0 radical (unpaired) electrons. The van der Waals surface area contributed by atoms with Gasteiger partial charge in [-0.15, -0.1) is 0 Å². The number of rotatable bonds is 11. The van der Waals surface area contributed by atoms with Crippen molar-refractivity contribution in [1.82, 2.24) is 10.6 Å². The molecule has 1 aliphatic rings. The van der Waals surface area contributed by atoms with Crippen LogP contribution in [0.3, 0.4) is 0 Å². The van der Waals surface area contributed by atoms with E-state index in [9.17, 15) is 19.5 Å². The molecule has 0 fully saturated rings. The van der Waals surface area contributed by atoms with Gasteiger partial charge in [-0.25, -0.2) is 9.59 Å². The first-order valence-electron chi connectivity index (χ1n) is 11.9. The van der Waals surface area contributed by atoms with E-state index < -0.39 is 17.6 Å². The van der Waals surface area contributed by atoms with Gasteiger partial charge in [-0.05, 0) is 48.4 Å². The Balaban J connectivity index is 1.52. The fourth-order valence-electron chi connectivity index (χ4n) is 4.58. The van der Waals surface area contributed by atoms with Crippen molar-refractivity contribution in [3.63, 3.8) is 0 Å². The summed E-state index contributed by atoms with van der Waals surface area (Å²) in [5.74, 6) is -1.41. The second-order valence-corrected chi connectivity index (χ2v) is 9.05. The quantitative estimate of drug-likeness (QED) is 0.439. The number of nitrogens with one attached hydrogen (secondary N) is 2. The highest BCUT2D eigenvalue weighted by molar-refractivity contribution is 5.86. The lowest BCUT2D eigenvalue weighted by Crippen LogP contribution is -2.52. The van der Waals surface area contributed by atoms with Crippen LogP contribution in [0, 0.1) is 0 Å². The molecule has 3 N–H and O–H groups in total. The van der Waals surface area contributed by atoms with Crippen molar-refractivity contribution in [2.75, 3.05) is 6.61 Å². The van der Waals surface area contributed by atoms with Crippen LogP contribution in [0.5, 0.6) is 0 Å². The van der Waals surface area contributed by atoms with Crippen molar-refractivity contribution in [2.45, 2.75) is 70.4 Å². The van der Waals surface area contributed by atoms with Gasteiger partial charge < -0.3 is 20.5 Å². The Morgan fingerprint density at radius 2 is 1.62 bits per heavy atom. The molecule has 0 saturated heterocycles. The lowest BCUT2D eigenvalue weighted by atomic mass is 9.96. The molecule has 34 heavy (non-hydrogen) atoms. The van der Waals surface area contributed by atoms with Crippen LogP contribution in [0.4, 0.5) is 4.79 Å². The third kappa shape index (κ3) is 5.76. The minimum absolute atomic E-state index is 0.0173. The van der Waals surface area contributed by atoms with Crippen LogP contribution in [0.25, 0.3) is 11.1 Å². The van der Waals surface area contributed by atoms with Crippen LogP contribution >= 0.6 is 0 Å². The number of benzene rings is 2. The van der Waals surface area contributed by atoms with Gasteiger partial charge in [0.1, 0.15) is 12.1 Å². The predicted molar refractivity (Wildman–Crippen MR) is 131 cm³/mol. The molecule has 0 heterocycles. The van der Waals surface area contributed by atoms with E-state index >= 15 is 0 Å². The molecule has 2 atom stereocenters. The lowest BCUT2D eigenvalue weighted by Gasteiger charge is -2.26. The summed E-state index contributed by atoms with van der Waals surface area (Å²) in [6.07, 6.45) is 1.62. The van der Waals surface area contributed by atoms with Crippen molar-refractivity contribution in [3.8, 4) is 11.1 Å². The first-order chi connectivity index (χ1) is 16.3. The molecule has 182 valence electrons. The Labute approximate surface area is 200 Å². The molecule has 7 heteroatoms. The van der Waals surface area contributed by atoms with Crippen molar-refractivity contribution >= 4 is 18.0 Å². The smallest absolute Gasteiger partial charge is 0.407 e. The molecule has 7 nitrogen and oxygen atoms in total. The van der Waals surface area contributed by atoms with Crippen LogP contribution in [0.15, 0.2) is 48.5 Å². The number of amides is 2. The van der Waals surface area contributed by atoms with E-state index in [0.29, 0.717) is 25.7 Å². The number of carboxylic acids is 1. The Morgan fingerprint density at radius 3 is 2.15 bits per heavy atom. The number of hydrogen-bond acceptors (Lipinski definition) is 4. The van der Waals surface area contributed by atoms with Gasteiger partial charge in [0.25, 0.3) is 0 Å². The van der Waals surface area contributed by atoms with E-state index in [1.54, 1.807) is 0 Å². The molecule has 2 aromatic rings. The molecule has 0 aromatic heterocycles. The van der Waals surface area contributed by atoms with E-state index in [1.807, 2.05) is 38.1 Å². The van der Waals surface area contributed by atoms with E-state index in [1.165, 1.54) is 18.1 Å². The minimum Gasteiger partial charge on any atom is -0.480 e. The largest absolute Gasteiger partial charge is 0.480 e. The molecule has 0 aliphatic heterocycles. The van der Waals surface area contributed by atoms with Gasteiger partial charge >= 0.3 is 12.1 Å². The van der Waals surface area contributed by atoms with Crippen molar-refractivity contribution in [1.29, 1.82) is 0 Å². The molecule has 0 saturated carbocycles. The topological polar surface area (TPSA) is 105 Å². The summed E-state index contributed by atoms with van der Waals surface area (Å²) in [6.45, 7) is 5.54. The fraction of sp³-hybridized carbons (Fsp3) is 0.444. The van der Waals surface area contributed by atoms with Gasteiger partial charge in [0.2, 0.25) is 5.91 Å². The van der Waals surface area contributed by atoms with Crippen molar-refractivity contribution in [2.24, 2.45) is 0 Å². The number of carbonyl (C=O) groups is 3. The number of aliphatic carboxylic acids is 1. The minimum atomic E-state index is -1.28. The molecule has 2 unspecified atom stereocenters. The van der Waals surface area contributed by atoms with Crippen molar-refractivity contribution < 1.29 is 24.2 Å². The number of alkyl carbamates (subject to hydrolysis) is 1. The summed E-state index contributed by atoms with van der Waals surface area (Å²) in [7, 11) is 0. The zero-order valence-corrected chi connectivity index (χ0v) is 20.1. The summed E-state index contributed by atoms with van der Waals surface area (Å²) in [6, 6.07) is 16.1. The van der Waals surface area contributed by atoms with Gasteiger partial charge in [-0.2, -0.15) is 0 Å². The Hall–Kier alpha value is -3.35. The van der Waals surface area contributed by atoms with E-state index in [2.05, 4.69) is 34.9 Å². The molecule has 3 rings (SSSR count). The van der Waals surface area contributed by atoms with Crippen LogP contribution in [-0.2, 0) is 14.3 Å². The van der Waals surface area contributed by atoms with Crippen LogP contribution in [-0.4, -0.2) is 41.3 Å². The molecule has 0 bridgehead atoms. The summed E-state index contributed by atoms with van der Waals surface area (Å²) in [5.41, 5.74) is 3.35. The Morgan fingerprint density at radius 1 is 1.03 bits per heavy atom. The highest BCUT2D eigenvalue weighted by Gasteiger charge is 2.34. The van der Waals surface area contributed by atoms with Gasteiger partial charge in [-0.1, -0.05) is 68.8 Å². The van der Waals surface area contributed by atoms with E-state index in [0.717, 1.165) is 11.1 Å². The summed E-state index contributed by atoms with van der Waals surface area (Å²) in [4.78, 5) is 36.4. The van der Waals surface area contributed by atoms with Crippen LogP contribution in [0.1, 0.15) is 69.9 Å². The second-order valence-electron chi connectivity index (χ2n) is 9.05. The highest BCUT2D eigenvalue weighted by Crippen LogP contribution is 2.44. The zero-order valence-electron chi connectivity index (χ0n) is 20.1. The van der Waals surface area contributed by atoms with Crippen LogP contribution < -0.4 is 10.6 Å². The summed E-state index contributed by atoms with van der Waals surface area (Å²) < 4.78 is 5.59. The molecule has 2 amide bonds. The molecular formula is C27H34N2O5. The third-order valence-corrected chi connectivity index (χ3v) is 6.52. The van der Waals surface area contributed by atoms with Gasteiger partial charge in [-0.3, -0.25) is 4.79 Å². The number of carbonyl (C=O) groups excluding carboxylic acids is 2. The van der Waals surface area contributed by atoms with E-state index in [4.69, 9.17) is 4.74 Å². The van der Waals surface area contributed by atoms with E-state index in [-0.39, 0.29) is 30.9 Å². The first kappa shape index (κ1) is 25.3. The lowest BCUT2D eigenvalue weighted by molar-refractivity contribution is -0.147. The second kappa shape index (κ2) is 11.2. The van der Waals surface area contributed by atoms with Gasteiger partial charge in [0.15, 0.2) is 0 Å². The average Bonchev–Trinajstić information content (AvgIpc) is 3.14. The number of ether oxygens (including phenoxy) is 1. The standard InChI is InChI=1S/C27H34N2O5/c1-4-16-27(3,25(31)32)29-24(30)15-14-18(5-2)28-26(33)34-17-23-21-12-8-6-10-19(21)20-11-7-9-13-22(20)23/h6-13,18,23H,4-5,14-17H2,1-3H3,(H,28,33)(H,29,30)(H,31,32). The summed E-state index contributed by atoms with van der Waals surface area (Å²) in [5, 5.41) is 14.9. The Kier molecular flexibility index (Phi) is 8.31. The fourth-order valence-corrected chi connectivity index (χ4v) is 4.58. The number of hydrogen-bond donors (Lipinski definition) is 3. The molecular weight excluding hydrogens is 432 g/mol. The third-order valence-electron chi connectivity index (χ3n) is 6.52. The number of fused-ring (bicyclic) bond motifs is 3. The Bertz CT molecular complexity index is 992. The highest BCUT2D eigenvalue weighted by atomic mass is 16.5. The molecule has 2 aromatic carbocycles. The maximum atomic E-state index is 12.5. The predicted octanol–water partition coefficient (Wildman–Crippen LogP) is 4.84. The first-order valence-corrected chi connectivity index (χ1v) is 11.9. The average molecular weight is 467 g/mol. The van der Waals surface area contributed by atoms with Gasteiger partial charge in [0, 0.05) is 18.4 Å². The normalized spacial score (nSPS) is 14.9. The van der Waals surface area contributed by atoms with Crippen LogP contribution in [0.2, 0.25) is 0 Å².